The second-order valence-electron chi connectivity index (χ2n) is 5.32. The van der Waals surface area contributed by atoms with Crippen molar-refractivity contribution in [2.24, 2.45) is 5.73 Å². The summed E-state index contributed by atoms with van der Waals surface area (Å²) in [6.45, 7) is 4.00. The second-order valence-corrected chi connectivity index (χ2v) is 5.32. The number of hydrogen-bond acceptors (Lipinski definition) is 3. The number of aryl methyl sites for hydroxylation is 1. The zero-order valence-corrected chi connectivity index (χ0v) is 13.5. The van der Waals surface area contributed by atoms with E-state index in [-0.39, 0.29) is 18.3 Å². The molecule has 1 amide bonds. The van der Waals surface area contributed by atoms with Gasteiger partial charge in [-0.25, -0.2) is 0 Å². The lowest BCUT2D eigenvalue weighted by Crippen LogP contribution is -2.37. The van der Waals surface area contributed by atoms with Crippen LogP contribution in [-0.2, 0) is 4.79 Å². The van der Waals surface area contributed by atoms with E-state index < -0.39 is 0 Å². The smallest absolute Gasteiger partial charge is 0.227 e. The number of amides is 1. The van der Waals surface area contributed by atoms with E-state index in [1.54, 1.807) is 0 Å². The van der Waals surface area contributed by atoms with E-state index in [4.69, 9.17) is 10.5 Å². The number of carbonyl (C=O) groups is 1. The second kappa shape index (κ2) is 8.90. The van der Waals surface area contributed by atoms with Crippen molar-refractivity contribution in [2.45, 2.75) is 39.0 Å². The number of halogens is 1. The fraction of sp³-hybridized carbons (Fsp3) is 0.562. The van der Waals surface area contributed by atoms with Crippen LogP contribution in [-0.4, -0.2) is 25.6 Å². The van der Waals surface area contributed by atoms with Crippen LogP contribution in [0, 0.1) is 6.92 Å². The van der Waals surface area contributed by atoms with Gasteiger partial charge in [-0.2, -0.15) is 0 Å². The maximum Gasteiger partial charge on any atom is 0.227 e. The predicted molar refractivity (Wildman–Crippen MR) is 88.4 cm³/mol. The Morgan fingerprint density at radius 3 is 2.81 bits per heavy atom. The standard InChI is InChI=1S/C16H24N2O2.ClH/c1-13-7-8-14-15(12-13)20-11-10-18(14)16(19)6-4-2-3-5-9-17;/h7-8,12H,2-6,9-11,17H2,1H3;1H. The molecule has 0 aliphatic carbocycles. The first kappa shape index (κ1) is 17.8. The van der Waals surface area contributed by atoms with Crippen LogP contribution in [0.2, 0.25) is 0 Å². The van der Waals surface area contributed by atoms with Crippen LogP contribution in [0.3, 0.4) is 0 Å². The average molecular weight is 313 g/mol. The number of fused-ring (bicyclic) bond motifs is 1. The highest BCUT2D eigenvalue weighted by molar-refractivity contribution is 5.95. The Morgan fingerprint density at radius 1 is 1.29 bits per heavy atom. The third kappa shape index (κ3) is 4.90. The van der Waals surface area contributed by atoms with Gasteiger partial charge < -0.3 is 15.4 Å². The number of benzene rings is 1. The Morgan fingerprint density at radius 2 is 2.05 bits per heavy atom. The van der Waals surface area contributed by atoms with Crippen molar-refractivity contribution in [1.82, 2.24) is 0 Å². The number of nitrogens with zero attached hydrogens (tertiary/aromatic N) is 1. The van der Waals surface area contributed by atoms with Gasteiger partial charge in [0.25, 0.3) is 0 Å². The minimum absolute atomic E-state index is 0. The van der Waals surface area contributed by atoms with Crippen LogP contribution in [0.15, 0.2) is 18.2 Å². The summed E-state index contributed by atoms with van der Waals surface area (Å²) in [7, 11) is 0. The highest BCUT2D eigenvalue weighted by Gasteiger charge is 2.22. The number of ether oxygens (including phenoxy) is 1. The Hall–Kier alpha value is -1.26. The third-order valence-corrected chi connectivity index (χ3v) is 3.62. The summed E-state index contributed by atoms with van der Waals surface area (Å²) >= 11 is 0. The van der Waals surface area contributed by atoms with Gasteiger partial charge in [0.2, 0.25) is 5.91 Å². The third-order valence-electron chi connectivity index (χ3n) is 3.62. The van der Waals surface area contributed by atoms with Gasteiger partial charge in [0.05, 0.1) is 12.2 Å². The van der Waals surface area contributed by atoms with Crippen molar-refractivity contribution in [2.75, 3.05) is 24.6 Å². The fourth-order valence-electron chi connectivity index (χ4n) is 2.50. The topological polar surface area (TPSA) is 55.6 Å². The summed E-state index contributed by atoms with van der Waals surface area (Å²) in [6, 6.07) is 6.00. The maximum absolute atomic E-state index is 12.3. The summed E-state index contributed by atoms with van der Waals surface area (Å²) in [5, 5.41) is 0. The van der Waals surface area contributed by atoms with Crippen molar-refractivity contribution in [3.05, 3.63) is 23.8 Å². The SMILES string of the molecule is Cc1ccc2c(c1)OCCN2C(=O)CCCCCCN.Cl. The molecule has 0 atom stereocenters. The molecule has 2 N–H and O–H groups in total. The van der Waals surface area contributed by atoms with Crippen LogP contribution in [0.25, 0.3) is 0 Å². The number of rotatable bonds is 6. The molecule has 21 heavy (non-hydrogen) atoms. The van der Waals surface area contributed by atoms with Crippen LogP contribution in [0.4, 0.5) is 5.69 Å². The monoisotopic (exact) mass is 312 g/mol. The van der Waals surface area contributed by atoms with E-state index in [2.05, 4.69) is 0 Å². The van der Waals surface area contributed by atoms with Gasteiger partial charge in [-0.1, -0.05) is 18.9 Å². The Bertz CT molecular complexity index is 466. The molecule has 0 fully saturated rings. The summed E-state index contributed by atoms with van der Waals surface area (Å²) < 4.78 is 5.63. The molecule has 0 bridgehead atoms. The molecule has 0 saturated carbocycles. The molecule has 0 saturated heterocycles. The first-order chi connectivity index (χ1) is 9.72. The van der Waals surface area contributed by atoms with Gasteiger partial charge in [-0.15, -0.1) is 12.4 Å². The highest BCUT2D eigenvalue weighted by atomic mass is 35.5. The van der Waals surface area contributed by atoms with E-state index in [9.17, 15) is 4.79 Å². The molecule has 1 aliphatic heterocycles. The van der Waals surface area contributed by atoms with Crippen molar-refractivity contribution >= 4 is 24.0 Å². The highest BCUT2D eigenvalue weighted by Crippen LogP contribution is 2.32. The quantitative estimate of drug-likeness (QED) is 0.821. The van der Waals surface area contributed by atoms with Gasteiger partial charge in [0.1, 0.15) is 12.4 Å². The first-order valence-corrected chi connectivity index (χ1v) is 7.46. The van der Waals surface area contributed by atoms with Crippen molar-refractivity contribution in [3.8, 4) is 5.75 Å². The normalized spacial score (nSPS) is 13.1. The summed E-state index contributed by atoms with van der Waals surface area (Å²) in [5.41, 5.74) is 7.53. The molecule has 0 aromatic heterocycles. The molecule has 0 radical (unpaired) electrons. The fourth-order valence-corrected chi connectivity index (χ4v) is 2.50. The lowest BCUT2D eigenvalue weighted by Gasteiger charge is -2.29. The minimum Gasteiger partial charge on any atom is -0.490 e. The Kier molecular flexibility index (Phi) is 7.54. The summed E-state index contributed by atoms with van der Waals surface area (Å²) in [4.78, 5) is 14.2. The lowest BCUT2D eigenvalue weighted by atomic mass is 10.1. The largest absolute Gasteiger partial charge is 0.490 e. The molecule has 5 heteroatoms. The zero-order chi connectivity index (χ0) is 14.4. The van der Waals surface area contributed by atoms with Crippen LogP contribution >= 0.6 is 12.4 Å². The van der Waals surface area contributed by atoms with Crippen molar-refractivity contribution in [3.63, 3.8) is 0 Å². The van der Waals surface area contributed by atoms with Crippen molar-refractivity contribution < 1.29 is 9.53 Å². The van der Waals surface area contributed by atoms with Gasteiger partial charge >= 0.3 is 0 Å². The van der Waals surface area contributed by atoms with Gasteiger partial charge in [0, 0.05) is 6.42 Å². The molecule has 0 unspecified atom stereocenters. The predicted octanol–water partition coefficient (Wildman–Crippen LogP) is 3.05. The molecule has 1 aromatic carbocycles. The maximum atomic E-state index is 12.3. The first-order valence-electron chi connectivity index (χ1n) is 7.46. The van der Waals surface area contributed by atoms with Crippen molar-refractivity contribution in [1.29, 1.82) is 0 Å². The molecule has 1 aromatic rings. The molecule has 4 nitrogen and oxygen atoms in total. The molecule has 1 heterocycles. The number of hydrogen-bond donors (Lipinski definition) is 1. The Balaban J connectivity index is 0.00000220. The molecule has 0 spiro atoms. The van der Waals surface area contributed by atoms with E-state index in [0.29, 0.717) is 19.6 Å². The van der Waals surface area contributed by atoms with E-state index in [0.717, 1.165) is 49.2 Å². The zero-order valence-electron chi connectivity index (χ0n) is 12.6. The van der Waals surface area contributed by atoms with E-state index in [1.807, 2.05) is 30.0 Å². The number of carbonyl (C=O) groups excluding carboxylic acids is 1. The number of anilines is 1. The summed E-state index contributed by atoms with van der Waals surface area (Å²) in [5.74, 6) is 1.03. The van der Waals surface area contributed by atoms with Gasteiger partial charge in [-0.3, -0.25) is 4.79 Å². The number of nitrogens with two attached hydrogens (primary N) is 1. The molecule has 2 rings (SSSR count). The summed E-state index contributed by atoms with van der Waals surface area (Å²) in [6.07, 6.45) is 4.79. The Labute approximate surface area is 133 Å². The van der Waals surface area contributed by atoms with Crippen LogP contribution in [0.1, 0.15) is 37.7 Å². The molecular formula is C16H25ClN2O2. The van der Waals surface area contributed by atoms with E-state index in [1.165, 1.54) is 0 Å². The van der Waals surface area contributed by atoms with Gasteiger partial charge in [0.15, 0.2) is 0 Å². The molecule has 1 aliphatic rings. The number of unbranched alkanes of at least 4 members (excludes halogenated alkanes) is 3. The molecular weight excluding hydrogens is 288 g/mol. The average Bonchev–Trinajstić information content (AvgIpc) is 2.46. The van der Waals surface area contributed by atoms with E-state index >= 15 is 0 Å². The van der Waals surface area contributed by atoms with Gasteiger partial charge in [-0.05, 0) is 44.0 Å². The van der Waals surface area contributed by atoms with Crippen LogP contribution in [0.5, 0.6) is 5.75 Å². The molecule has 118 valence electrons. The minimum atomic E-state index is 0. The van der Waals surface area contributed by atoms with Crippen LogP contribution < -0.4 is 15.4 Å². The lowest BCUT2D eigenvalue weighted by molar-refractivity contribution is -0.119.